The molecule has 0 bridgehead atoms. The van der Waals surface area contributed by atoms with Gasteiger partial charge in [-0.1, -0.05) is 26.0 Å². The number of aryl methyl sites for hydroxylation is 1. The molecule has 126 valence electrons. The van der Waals surface area contributed by atoms with Crippen LogP contribution in [0.3, 0.4) is 0 Å². The van der Waals surface area contributed by atoms with Crippen molar-refractivity contribution in [3.8, 4) is 11.3 Å². The fourth-order valence-corrected chi connectivity index (χ4v) is 3.60. The highest BCUT2D eigenvalue weighted by Crippen LogP contribution is 2.32. The number of benzene rings is 1. The largest absolute Gasteiger partial charge is 0.339 e. The van der Waals surface area contributed by atoms with Gasteiger partial charge in [-0.05, 0) is 59.7 Å². The molecule has 0 saturated carbocycles. The zero-order valence-electron chi connectivity index (χ0n) is 14.7. The first-order valence-electron chi connectivity index (χ1n) is 8.50. The molecule has 4 aromatic rings. The van der Waals surface area contributed by atoms with Crippen molar-refractivity contribution in [3.05, 3.63) is 70.5 Å². The topological polar surface area (TPSA) is 29.3 Å². The number of aromatic nitrogens is 2. The number of hydrogen-bond donors (Lipinski definition) is 1. The van der Waals surface area contributed by atoms with E-state index in [1.807, 2.05) is 0 Å². The monoisotopic (exact) mass is 347 g/mol. The molecule has 3 aromatic heterocycles. The van der Waals surface area contributed by atoms with Crippen molar-refractivity contribution < 1.29 is 0 Å². The number of nitrogens with one attached hydrogen (secondary N) is 1. The van der Waals surface area contributed by atoms with E-state index in [-0.39, 0.29) is 0 Å². The third-order valence-corrected chi connectivity index (χ3v) is 5.10. The normalized spacial score (nSPS) is 11.4. The molecule has 25 heavy (non-hydrogen) atoms. The van der Waals surface area contributed by atoms with E-state index in [0.29, 0.717) is 5.92 Å². The molecular weight excluding hydrogens is 326 g/mol. The molecule has 3 heterocycles. The Balaban J connectivity index is 1.80. The first kappa shape index (κ1) is 15.9. The lowest BCUT2D eigenvalue weighted by Gasteiger charge is -2.10. The van der Waals surface area contributed by atoms with Gasteiger partial charge in [-0.25, -0.2) is 4.98 Å². The van der Waals surface area contributed by atoms with Crippen LogP contribution in [0.1, 0.15) is 30.9 Å². The SMILES string of the molecule is Cc1ccn2c(Nc3ccc(C(C)C)cc3)c(-c3ccsc3)nc2c1. The fraction of sp³-hybridized carbons (Fsp3) is 0.190. The molecule has 0 atom stereocenters. The van der Waals surface area contributed by atoms with Crippen molar-refractivity contribution >= 4 is 28.5 Å². The Kier molecular flexibility index (Phi) is 4.06. The highest BCUT2D eigenvalue weighted by molar-refractivity contribution is 7.08. The highest BCUT2D eigenvalue weighted by atomic mass is 32.1. The second-order valence-corrected chi connectivity index (χ2v) is 7.44. The average Bonchev–Trinajstić information content (AvgIpc) is 3.23. The molecule has 0 aliphatic carbocycles. The van der Waals surface area contributed by atoms with Crippen molar-refractivity contribution in [1.29, 1.82) is 0 Å². The summed E-state index contributed by atoms with van der Waals surface area (Å²) in [4.78, 5) is 4.87. The summed E-state index contributed by atoms with van der Waals surface area (Å²) < 4.78 is 2.12. The number of fused-ring (bicyclic) bond motifs is 1. The van der Waals surface area contributed by atoms with Gasteiger partial charge in [-0.15, -0.1) is 0 Å². The van der Waals surface area contributed by atoms with Crippen molar-refractivity contribution in [1.82, 2.24) is 9.38 Å². The van der Waals surface area contributed by atoms with Crippen molar-refractivity contribution in [3.63, 3.8) is 0 Å². The quantitative estimate of drug-likeness (QED) is 0.473. The summed E-state index contributed by atoms with van der Waals surface area (Å²) in [7, 11) is 0. The van der Waals surface area contributed by atoms with Crippen LogP contribution in [0.25, 0.3) is 16.9 Å². The van der Waals surface area contributed by atoms with Gasteiger partial charge in [0.05, 0.1) is 0 Å². The summed E-state index contributed by atoms with van der Waals surface area (Å²) in [5.41, 5.74) is 6.72. The van der Waals surface area contributed by atoms with Crippen LogP contribution in [-0.2, 0) is 0 Å². The van der Waals surface area contributed by atoms with Crippen molar-refractivity contribution in [2.45, 2.75) is 26.7 Å². The maximum absolute atomic E-state index is 4.87. The lowest BCUT2D eigenvalue weighted by Crippen LogP contribution is -1.97. The summed E-state index contributed by atoms with van der Waals surface area (Å²) in [6, 6.07) is 15.0. The van der Waals surface area contributed by atoms with E-state index in [4.69, 9.17) is 4.98 Å². The van der Waals surface area contributed by atoms with Gasteiger partial charge >= 0.3 is 0 Å². The van der Waals surface area contributed by atoms with Gasteiger partial charge in [0.2, 0.25) is 0 Å². The van der Waals surface area contributed by atoms with Gasteiger partial charge in [0, 0.05) is 22.8 Å². The van der Waals surface area contributed by atoms with Crippen molar-refractivity contribution in [2.24, 2.45) is 0 Å². The molecule has 4 heteroatoms. The van der Waals surface area contributed by atoms with Crippen LogP contribution in [0.15, 0.2) is 59.4 Å². The van der Waals surface area contributed by atoms with Gasteiger partial charge in [-0.3, -0.25) is 4.40 Å². The molecule has 0 radical (unpaired) electrons. The van der Waals surface area contributed by atoms with E-state index < -0.39 is 0 Å². The minimum absolute atomic E-state index is 0.536. The Morgan fingerprint density at radius 1 is 1.08 bits per heavy atom. The van der Waals surface area contributed by atoms with E-state index in [2.05, 4.69) is 89.9 Å². The van der Waals surface area contributed by atoms with E-state index in [1.165, 1.54) is 11.1 Å². The minimum atomic E-state index is 0.536. The second kappa shape index (κ2) is 6.37. The fourth-order valence-electron chi connectivity index (χ4n) is 2.95. The Morgan fingerprint density at radius 2 is 1.88 bits per heavy atom. The summed E-state index contributed by atoms with van der Waals surface area (Å²) in [6.45, 7) is 6.52. The number of hydrogen-bond acceptors (Lipinski definition) is 3. The van der Waals surface area contributed by atoms with Gasteiger partial charge in [-0.2, -0.15) is 11.3 Å². The molecule has 0 fully saturated rings. The molecular formula is C21H21N3S. The number of nitrogens with zero attached hydrogens (tertiary/aromatic N) is 2. The molecule has 4 rings (SSSR count). The lowest BCUT2D eigenvalue weighted by molar-refractivity contribution is 0.867. The number of pyridine rings is 1. The zero-order valence-corrected chi connectivity index (χ0v) is 15.5. The third-order valence-electron chi connectivity index (χ3n) is 4.42. The summed E-state index contributed by atoms with van der Waals surface area (Å²) in [5.74, 6) is 1.54. The maximum Gasteiger partial charge on any atom is 0.143 e. The highest BCUT2D eigenvalue weighted by Gasteiger charge is 2.15. The van der Waals surface area contributed by atoms with E-state index >= 15 is 0 Å². The molecule has 0 spiro atoms. The summed E-state index contributed by atoms with van der Waals surface area (Å²) in [6.07, 6.45) is 2.08. The van der Waals surface area contributed by atoms with Gasteiger partial charge in [0.1, 0.15) is 17.2 Å². The van der Waals surface area contributed by atoms with E-state index in [0.717, 1.165) is 28.4 Å². The Morgan fingerprint density at radius 3 is 2.56 bits per heavy atom. The molecule has 3 nitrogen and oxygen atoms in total. The number of thiophene rings is 1. The molecule has 0 unspecified atom stereocenters. The Labute approximate surface area is 152 Å². The molecule has 0 aliphatic heterocycles. The molecule has 0 amide bonds. The minimum Gasteiger partial charge on any atom is -0.339 e. The van der Waals surface area contributed by atoms with Crippen LogP contribution in [0.2, 0.25) is 0 Å². The first-order chi connectivity index (χ1) is 12.1. The van der Waals surface area contributed by atoms with E-state index in [9.17, 15) is 0 Å². The Bertz CT molecular complexity index is 996. The van der Waals surface area contributed by atoms with E-state index in [1.54, 1.807) is 11.3 Å². The molecule has 1 N–H and O–H groups in total. The van der Waals surface area contributed by atoms with Gasteiger partial charge in [0.25, 0.3) is 0 Å². The lowest BCUT2D eigenvalue weighted by atomic mass is 10.0. The first-order valence-corrected chi connectivity index (χ1v) is 9.44. The number of imidazole rings is 1. The summed E-state index contributed by atoms with van der Waals surface area (Å²) in [5, 5.41) is 7.80. The molecule has 0 aliphatic rings. The third kappa shape index (κ3) is 3.05. The average molecular weight is 347 g/mol. The van der Waals surface area contributed by atoms with Crippen LogP contribution in [0, 0.1) is 6.92 Å². The Hall–Kier alpha value is -2.59. The van der Waals surface area contributed by atoms with Crippen LogP contribution in [-0.4, -0.2) is 9.38 Å². The predicted octanol–water partition coefficient (Wildman–Crippen LogP) is 6.24. The molecule has 1 aromatic carbocycles. The summed E-state index contributed by atoms with van der Waals surface area (Å²) >= 11 is 1.69. The zero-order chi connectivity index (χ0) is 17.4. The van der Waals surface area contributed by atoms with Gasteiger partial charge < -0.3 is 5.32 Å². The van der Waals surface area contributed by atoms with Crippen LogP contribution >= 0.6 is 11.3 Å². The van der Waals surface area contributed by atoms with Crippen molar-refractivity contribution in [2.75, 3.05) is 5.32 Å². The van der Waals surface area contributed by atoms with Crippen LogP contribution < -0.4 is 5.32 Å². The maximum atomic E-state index is 4.87. The number of rotatable bonds is 4. The number of anilines is 2. The second-order valence-electron chi connectivity index (χ2n) is 6.66. The van der Waals surface area contributed by atoms with Crippen LogP contribution in [0.4, 0.5) is 11.5 Å². The van der Waals surface area contributed by atoms with Crippen LogP contribution in [0.5, 0.6) is 0 Å². The van der Waals surface area contributed by atoms with Gasteiger partial charge in [0.15, 0.2) is 0 Å². The predicted molar refractivity (Wildman–Crippen MR) is 107 cm³/mol. The smallest absolute Gasteiger partial charge is 0.143 e. The standard InChI is InChI=1S/C21H21N3S/c1-14(2)16-4-6-18(7-5-16)22-21-20(17-9-11-25-13-17)23-19-12-15(3)8-10-24(19)21/h4-14,22H,1-3H3. The molecule has 0 saturated heterocycles.